The number of rotatable bonds is 6. The monoisotopic (exact) mass is 293 g/mol. The predicted octanol–water partition coefficient (Wildman–Crippen LogP) is 1.88. The summed E-state index contributed by atoms with van der Waals surface area (Å²) in [6.45, 7) is 2.71. The first-order chi connectivity index (χ1) is 9.60. The van der Waals surface area contributed by atoms with Crippen LogP contribution in [0.5, 0.6) is 0 Å². The van der Waals surface area contributed by atoms with Gasteiger partial charge in [0.1, 0.15) is 0 Å². The number of ether oxygens (including phenoxy) is 1. The summed E-state index contributed by atoms with van der Waals surface area (Å²) in [6.07, 6.45) is 0. The van der Waals surface area contributed by atoms with Crippen molar-refractivity contribution in [2.75, 3.05) is 32.2 Å². The molecule has 20 heavy (non-hydrogen) atoms. The molecule has 0 spiro atoms. The number of methoxy groups -OCH3 is 1. The molecule has 0 bridgehead atoms. The summed E-state index contributed by atoms with van der Waals surface area (Å²) < 4.78 is 6.12. The maximum Gasteiger partial charge on any atom is 0.239 e. The third-order valence-corrected chi connectivity index (χ3v) is 3.96. The average molecular weight is 293 g/mol. The quantitative estimate of drug-likeness (QED) is 0.883. The fraction of sp³-hybridized carbons (Fsp3) is 0.429. The third-order valence-electron chi connectivity index (χ3n) is 2.81. The highest BCUT2D eigenvalue weighted by atomic mass is 32.1. The van der Waals surface area contributed by atoms with Gasteiger partial charge in [0, 0.05) is 20.2 Å². The van der Waals surface area contributed by atoms with Crippen LogP contribution in [0.2, 0.25) is 0 Å². The zero-order valence-electron chi connectivity index (χ0n) is 11.9. The number of carbonyl (C=O) groups is 1. The van der Waals surface area contributed by atoms with Gasteiger partial charge in [0.05, 0.1) is 23.4 Å². The van der Waals surface area contributed by atoms with E-state index in [4.69, 9.17) is 4.74 Å². The molecule has 1 aromatic heterocycles. The fourth-order valence-corrected chi connectivity index (χ4v) is 2.84. The second-order valence-corrected chi connectivity index (χ2v) is 5.75. The standard InChI is InChI=1S/C14H19N3O2S/c1-10(9-19-3)15-13(18)8-17(2)14-16-11-6-4-5-7-12(11)20-14/h4-7,10H,8-9H2,1-3H3,(H,15,18). The molecule has 108 valence electrons. The Morgan fingerprint density at radius 3 is 2.95 bits per heavy atom. The first-order valence-corrected chi connectivity index (χ1v) is 7.27. The molecule has 0 fully saturated rings. The van der Waals surface area contributed by atoms with Crippen LogP contribution in [0, 0.1) is 0 Å². The second kappa shape index (κ2) is 6.67. The van der Waals surface area contributed by atoms with Crippen LogP contribution < -0.4 is 10.2 Å². The number of hydrogen-bond donors (Lipinski definition) is 1. The zero-order valence-corrected chi connectivity index (χ0v) is 12.7. The van der Waals surface area contributed by atoms with Crippen LogP contribution >= 0.6 is 11.3 Å². The van der Waals surface area contributed by atoms with Gasteiger partial charge in [0.15, 0.2) is 5.13 Å². The number of likely N-dealkylation sites (N-methyl/N-ethyl adjacent to an activating group) is 1. The number of anilines is 1. The largest absolute Gasteiger partial charge is 0.383 e. The van der Waals surface area contributed by atoms with Crippen LogP contribution in [-0.2, 0) is 9.53 Å². The first kappa shape index (κ1) is 14.7. The van der Waals surface area contributed by atoms with Crippen LogP contribution in [-0.4, -0.2) is 44.2 Å². The Labute approximate surface area is 122 Å². The van der Waals surface area contributed by atoms with Crippen molar-refractivity contribution < 1.29 is 9.53 Å². The van der Waals surface area contributed by atoms with Crippen molar-refractivity contribution in [1.82, 2.24) is 10.3 Å². The summed E-state index contributed by atoms with van der Waals surface area (Å²) in [4.78, 5) is 18.3. The molecule has 1 unspecified atom stereocenters. The Morgan fingerprint density at radius 1 is 1.50 bits per heavy atom. The van der Waals surface area contributed by atoms with Gasteiger partial charge in [-0.1, -0.05) is 23.5 Å². The summed E-state index contributed by atoms with van der Waals surface area (Å²) in [7, 11) is 3.49. The highest BCUT2D eigenvalue weighted by molar-refractivity contribution is 7.22. The zero-order chi connectivity index (χ0) is 14.5. The molecule has 2 rings (SSSR count). The van der Waals surface area contributed by atoms with Gasteiger partial charge in [-0.05, 0) is 19.1 Å². The van der Waals surface area contributed by atoms with Crippen LogP contribution in [0.1, 0.15) is 6.92 Å². The Balaban J connectivity index is 1.97. The molecule has 0 saturated carbocycles. The maximum absolute atomic E-state index is 11.9. The Hall–Kier alpha value is -1.66. The highest BCUT2D eigenvalue weighted by Crippen LogP contribution is 2.27. The number of nitrogens with one attached hydrogen (secondary N) is 1. The molecule has 0 saturated heterocycles. The topological polar surface area (TPSA) is 54.5 Å². The summed E-state index contributed by atoms with van der Waals surface area (Å²) in [5.74, 6) is -0.0312. The minimum absolute atomic E-state index is 0.0104. The Kier molecular flexibility index (Phi) is 4.92. The van der Waals surface area contributed by atoms with Crippen molar-refractivity contribution in [2.45, 2.75) is 13.0 Å². The minimum atomic E-state index is -0.0312. The van der Waals surface area contributed by atoms with E-state index >= 15 is 0 Å². The molecule has 0 aliphatic heterocycles. The van der Waals surface area contributed by atoms with Crippen LogP contribution in [0.4, 0.5) is 5.13 Å². The number of benzene rings is 1. The molecular weight excluding hydrogens is 274 g/mol. The number of para-hydroxylation sites is 1. The fourth-order valence-electron chi connectivity index (χ4n) is 1.92. The number of fused-ring (bicyclic) bond motifs is 1. The van der Waals surface area contributed by atoms with E-state index in [0.717, 1.165) is 15.3 Å². The Bertz CT molecular complexity index is 552. The van der Waals surface area contributed by atoms with Crippen LogP contribution in [0.15, 0.2) is 24.3 Å². The molecule has 1 N–H and O–H groups in total. The molecule has 0 radical (unpaired) electrons. The summed E-state index contributed by atoms with van der Waals surface area (Å²) in [5, 5.41) is 3.73. The van der Waals surface area contributed by atoms with Gasteiger partial charge in [-0.15, -0.1) is 0 Å². The number of amides is 1. The van der Waals surface area contributed by atoms with E-state index in [0.29, 0.717) is 6.61 Å². The molecule has 6 heteroatoms. The molecule has 0 aliphatic rings. The molecule has 2 aromatic rings. The Morgan fingerprint density at radius 2 is 2.25 bits per heavy atom. The van der Waals surface area contributed by atoms with Gasteiger partial charge in [0.2, 0.25) is 5.91 Å². The van der Waals surface area contributed by atoms with E-state index in [1.165, 1.54) is 0 Å². The molecular formula is C14H19N3O2S. The summed E-state index contributed by atoms with van der Waals surface area (Å²) in [5.41, 5.74) is 0.965. The molecule has 5 nitrogen and oxygen atoms in total. The van der Waals surface area contributed by atoms with Gasteiger partial charge in [-0.3, -0.25) is 4.79 Å². The second-order valence-electron chi connectivity index (χ2n) is 4.74. The van der Waals surface area contributed by atoms with Crippen molar-refractivity contribution in [3.05, 3.63) is 24.3 Å². The van der Waals surface area contributed by atoms with Crippen molar-refractivity contribution in [3.8, 4) is 0 Å². The highest BCUT2D eigenvalue weighted by Gasteiger charge is 2.13. The lowest BCUT2D eigenvalue weighted by atomic mass is 10.3. The van der Waals surface area contributed by atoms with E-state index in [-0.39, 0.29) is 18.5 Å². The molecule has 1 amide bonds. The molecule has 1 aromatic carbocycles. The van der Waals surface area contributed by atoms with Gasteiger partial charge < -0.3 is 15.0 Å². The summed E-state index contributed by atoms with van der Waals surface area (Å²) >= 11 is 1.59. The molecule has 0 aliphatic carbocycles. The number of hydrogen-bond acceptors (Lipinski definition) is 5. The molecule has 1 atom stereocenters. The minimum Gasteiger partial charge on any atom is -0.383 e. The molecule has 1 heterocycles. The third kappa shape index (κ3) is 3.68. The summed E-state index contributed by atoms with van der Waals surface area (Å²) in [6, 6.07) is 7.97. The van der Waals surface area contributed by atoms with E-state index < -0.39 is 0 Å². The lowest BCUT2D eigenvalue weighted by molar-refractivity contribution is -0.120. The smallest absolute Gasteiger partial charge is 0.239 e. The van der Waals surface area contributed by atoms with Crippen LogP contribution in [0.3, 0.4) is 0 Å². The van der Waals surface area contributed by atoms with Crippen molar-refractivity contribution >= 4 is 32.6 Å². The van der Waals surface area contributed by atoms with Crippen molar-refractivity contribution in [3.63, 3.8) is 0 Å². The lowest BCUT2D eigenvalue weighted by Gasteiger charge is -2.17. The number of carbonyl (C=O) groups excluding carboxylic acids is 1. The van der Waals surface area contributed by atoms with Gasteiger partial charge in [0.25, 0.3) is 0 Å². The first-order valence-electron chi connectivity index (χ1n) is 6.45. The van der Waals surface area contributed by atoms with Crippen molar-refractivity contribution in [2.24, 2.45) is 0 Å². The van der Waals surface area contributed by atoms with Crippen molar-refractivity contribution in [1.29, 1.82) is 0 Å². The van der Waals surface area contributed by atoms with E-state index in [2.05, 4.69) is 10.3 Å². The average Bonchev–Trinajstić information content (AvgIpc) is 2.82. The van der Waals surface area contributed by atoms with E-state index in [1.54, 1.807) is 18.4 Å². The lowest BCUT2D eigenvalue weighted by Crippen LogP contribution is -2.41. The number of thiazole rings is 1. The SMILES string of the molecule is COCC(C)NC(=O)CN(C)c1nc2ccccc2s1. The van der Waals surface area contributed by atoms with Crippen LogP contribution in [0.25, 0.3) is 10.2 Å². The maximum atomic E-state index is 11.9. The predicted molar refractivity (Wildman–Crippen MR) is 82.4 cm³/mol. The number of aromatic nitrogens is 1. The van der Waals surface area contributed by atoms with Gasteiger partial charge >= 0.3 is 0 Å². The van der Waals surface area contributed by atoms with E-state index in [1.807, 2.05) is 43.1 Å². The van der Waals surface area contributed by atoms with Gasteiger partial charge in [-0.2, -0.15) is 0 Å². The van der Waals surface area contributed by atoms with Gasteiger partial charge in [-0.25, -0.2) is 4.98 Å². The van der Waals surface area contributed by atoms with E-state index in [9.17, 15) is 4.79 Å². The number of nitrogens with zero attached hydrogens (tertiary/aromatic N) is 2. The normalized spacial score (nSPS) is 12.3.